The van der Waals surface area contributed by atoms with Gasteiger partial charge in [0.05, 0.1) is 11.4 Å². The fourth-order valence-corrected chi connectivity index (χ4v) is 5.55. The van der Waals surface area contributed by atoms with Gasteiger partial charge in [0, 0.05) is 44.1 Å². The minimum Gasteiger partial charge on any atom is -0.454 e. The van der Waals surface area contributed by atoms with Crippen LogP contribution in [0.3, 0.4) is 0 Å². The van der Waals surface area contributed by atoms with Crippen LogP contribution >= 0.6 is 0 Å². The number of nitrogens with zero attached hydrogens (tertiary/aromatic N) is 5. The number of imidazole rings is 1. The molecule has 0 fully saturated rings. The van der Waals surface area contributed by atoms with Gasteiger partial charge in [-0.1, -0.05) is 55.8 Å². The largest absolute Gasteiger partial charge is 0.454 e. The van der Waals surface area contributed by atoms with Gasteiger partial charge in [0.2, 0.25) is 19.5 Å². The molecule has 2 aliphatic heterocycles. The monoisotopic (exact) mass is 563 g/mol. The van der Waals surface area contributed by atoms with Crippen molar-refractivity contribution in [3.8, 4) is 40.2 Å². The van der Waals surface area contributed by atoms with Crippen molar-refractivity contribution < 1.29 is 18.9 Å². The maximum absolute atomic E-state index is 5.70. The van der Waals surface area contributed by atoms with Crippen molar-refractivity contribution in [1.82, 2.24) is 24.2 Å². The quantitative estimate of drug-likeness (QED) is 0.190. The number of unbranched alkanes of at least 4 members (excludes halogenated alkanes) is 1. The van der Waals surface area contributed by atoms with Gasteiger partial charge in [-0.25, -0.2) is 9.67 Å². The predicted molar refractivity (Wildman–Crippen MR) is 158 cm³/mol. The van der Waals surface area contributed by atoms with Gasteiger partial charge >= 0.3 is 0 Å². The summed E-state index contributed by atoms with van der Waals surface area (Å²) >= 11 is 0. The molecule has 2 aromatic heterocycles. The number of benzene rings is 3. The Kier molecular flexibility index (Phi) is 7.24. The fraction of sp³-hybridized carbons (Fsp3) is 0.273. The number of rotatable bonds is 11. The van der Waals surface area contributed by atoms with Crippen molar-refractivity contribution in [3.05, 3.63) is 102 Å². The minimum absolute atomic E-state index is 0.257. The van der Waals surface area contributed by atoms with E-state index in [-0.39, 0.29) is 13.6 Å². The normalized spacial score (nSPS) is 13.3. The van der Waals surface area contributed by atoms with Crippen molar-refractivity contribution in [3.63, 3.8) is 0 Å². The lowest BCUT2D eigenvalue weighted by Crippen LogP contribution is -2.25. The van der Waals surface area contributed by atoms with Crippen molar-refractivity contribution in [2.45, 2.75) is 45.9 Å². The average molecular weight is 564 g/mol. The highest BCUT2D eigenvalue weighted by Crippen LogP contribution is 2.35. The van der Waals surface area contributed by atoms with E-state index in [1.807, 2.05) is 35.1 Å². The number of aromatic nitrogens is 4. The highest BCUT2D eigenvalue weighted by atomic mass is 16.7. The molecule has 7 rings (SSSR count). The van der Waals surface area contributed by atoms with E-state index in [1.54, 1.807) is 6.20 Å². The number of hydrogen-bond acceptors (Lipinski definition) is 7. The molecule has 5 aromatic rings. The van der Waals surface area contributed by atoms with Crippen LogP contribution < -0.4 is 18.9 Å². The molecule has 0 bridgehead atoms. The van der Waals surface area contributed by atoms with E-state index < -0.39 is 0 Å². The van der Waals surface area contributed by atoms with Crippen LogP contribution in [0.5, 0.6) is 23.0 Å². The van der Waals surface area contributed by atoms with Gasteiger partial charge < -0.3 is 23.5 Å². The molecular formula is C33H33N5O4. The molecule has 9 heteroatoms. The van der Waals surface area contributed by atoms with Gasteiger partial charge in [0.1, 0.15) is 0 Å². The highest BCUT2D eigenvalue weighted by molar-refractivity contribution is 5.63. The third-order valence-electron chi connectivity index (χ3n) is 7.60. The second kappa shape index (κ2) is 11.6. The van der Waals surface area contributed by atoms with Crippen molar-refractivity contribution in [2.24, 2.45) is 0 Å². The zero-order valence-corrected chi connectivity index (χ0v) is 23.6. The summed E-state index contributed by atoms with van der Waals surface area (Å²) < 4.78 is 26.7. The zero-order valence-electron chi connectivity index (χ0n) is 23.6. The van der Waals surface area contributed by atoms with Crippen LogP contribution in [-0.4, -0.2) is 37.8 Å². The third kappa shape index (κ3) is 5.31. The molecule has 9 nitrogen and oxygen atoms in total. The molecule has 0 atom stereocenters. The topological polar surface area (TPSA) is 75.8 Å². The van der Waals surface area contributed by atoms with Crippen LogP contribution in [0.4, 0.5) is 0 Å². The van der Waals surface area contributed by atoms with Gasteiger partial charge in [0.15, 0.2) is 23.0 Å². The second-order valence-electron chi connectivity index (χ2n) is 10.5. The molecule has 0 saturated heterocycles. The third-order valence-corrected chi connectivity index (χ3v) is 7.60. The summed E-state index contributed by atoms with van der Waals surface area (Å²) in [5.41, 5.74) is 5.50. The average Bonchev–Trinajstić information content (AvgIpc) is 3.83. The van der Waals surface area contributed by atoms with Gasteiger partial charge in [-0.2, -0.15) is 5.10 Å². The first kappa shape index (κ1) is 26.2. The Morgan fingerprint density at radius 3 is 2.05 bits per heavy atom. The highest BCUT2D eigenvalue weighted by Gasteiger charge is 2.24. The Hall–Kier alpha value is -4.76. The maximum Gasteiger partial charge on any atom is 0.231 e. The number of hydrogen-bond donors (Lipinski definition) is 0. The lowest BCUT2D eigenvalue weighted by atomic mass is 10.1. The number of ether oxygens (including phenoxy) is 4. The van der Waals surface area contributed by atoms with Crippen LogP contribution in [0.2, 0.25) is 0 Å². The molecule has 0 radical (unpaired) electrons. The summed E-state index contributed by atoms with van der Waals surface area (Å²) in [4.78, 5) is 7.64. The van der Waals surface area contributed by atoms with E-state index in [0.29, 0.717) is 19.6 Å². The Labute approximate surface area is 244 Å². The van der Waals surface area contributed by atoms with Crippen LogP contribution in [0, 0.1) is 0 Å². The Morgan fingerprint density at radius 1 is 0.762 bits per heavy atom. The van der Waals surface area contributed by atoms with Gasteiger partial charge in [-0.3, -0.25) is 4.90 Å². The summed E-state index contributed by atoms with van der Waals surface area (Å²) in [5.74, 6) is 3.97. The van der Waals surface area contributed by atoms with Crippen molar-refractivity contribution in [1.29, 1.82) is 0 Å². The molecule has 4 heterocycles. The molecule has 0 aliphatic carbocycles. The Bertz CT molecular complexity index is 1610. The van der Waals surface area contributed by atoms with Gasteiger partial charge in [-0.05, 0) is 47.9 Å². The van der Waals surface area contributed by atoms with E-state index in [4.69, 9.17) is 23.9 Å². The summed E-state index contributed by atoms with van der Waals surface area (Å²) in [6.07, 6.45) is 5.87. The lowest BCUT2D eigenvalue weighted by Gasteiger charge is -2.25. The molecule has 0 unspecified atom stereocenters. The molecule has 0 saturated carbocycles. The van der Waals surface area contributed by atoms with E-state index in [2.05, 4.69) is 70.0 Å². The van der Waals surface area contributed by atoms with Crippen LogP contribution in [0.25, 0.3) is 17.2 Å². The number of fused-ring (bicyclic) bond motifs is 2. The maximum atomic E-state index is 5.70. The predicted octanol–water partition coefficient (Wildman–Crippen LogP) is 6.20. The fourth-order valence-electron chi connectivity index (χ4n) is 5.55. The lowest BCUT2D eigenvalue weighted by molar-refractivity contribution is 0.173. The second-order valence-corrected chi connectivity index (χ2v) is 10.5. The van der Waals surface area contributed by atoms with Crippen LogP contribution in [0.15, 0.2) is 85.2 Å². The van der Waals surface area contributed by atoms with Gasteiger partial charge in [-0.15, -0.1) is 0 Å². The van der Waals surface area contributed by atoms with E-state index in [9.17, 15) is 0 Å². The van der Waals surface area contributed by atoms with Gasteiger partial charge in [0.25, 0.3) is 0 Å². The van der Waals surface area contributed by atoms with Crippen molar-refractivity contribution in [2.75, 3.05) is 13.6 Å². The molecule has 0 N–H and O–H groups in total. The first-order valence-corrected chi connectivity index (χ1v) is 14.4. The van der Waals surface area contributed by atoms with E-state index >= 15 is 0 Å². The standard InChI is InChI=1S/C33H33N5O4/c1-2-3-15-37-27(32(26-8-5-4-6-9-26)35-33(37)38-16-7-14-34-38)21-36(19-24-10-12-28-30(17-24)41-22-39-28)20-25-11-13-29-31(18-25)42-23-40-29/h4-14,16-18H,2-3,15,19-23H2,1H3. The first-order chi connectivity index (χ1) is 20.7. The first-order valence-electron chi connectivity index (χ1n) is 14.4. The SMILES string of the molecule is CCCCn1c(-n2cccn2)nc(-c2ccccc2)c1CN(Cc1ccc2c(c1)OCO2)Cc1ccc2c(c1)OCO2. The summed E-state index contributed by atoms with van der Waals surface area (Å²) in [6, 6.07) is 24.7. The summed E-state index contributed by atoms with van der Waals surface area (Å²) in [7, 11) is 0. The Morgan fingerprint density at radius 2 is 1.43 bits per heavy atom. The smallest absolute Gasteiger partial charge is 0.231 e. The molecule has 3 aromatic carbocycles. The molecule has 0 amide bonds. The van der Waals surface area contributed by atoms with E-state index in [1.165, 1.54) is 0 Å². The van der Waals surface area contributed by atoms with Crippen molar-refractivity contribution >= 4 is 0 Å². The molecule has 42 heavy (non-hydrogen) atoms. The van der Waals surface area contributed by atoms with E-state index in [0.717, 1.165) is 76.4 Å². The van der Waals surface area contributed by atoms with Crippen LogP contribution in [0.1, 0.15) is 36.6 Å². The Balaban J connectivity index is 1.30. The molecule has 2 aliphatic rings. The molecular weight excluding hydrogens is 530 g/mol. The summed E-state index contributed by atoms with van der Waals surface area (Å²) in [6.45, 7) is 5.66. The zero-order chi connectivity index (χ0) is 28.3. The summed E-state index contributed by atoms with van der Waals surface area (Å²) in [5, 5.41) is 4.55. The minimum atomic E-state index is 0.257. The van der Waals surface area contributed by atoms with Crippen LogP contribution in [-0.2, 0) is 26.2 Å². The molecule has 0 spiro atoms. The molecule has 214 valence electrons.